The van der Waals surface area contributed by atoms with E-state index in [2.05, 4.69) is 30.9 Å². The van der Waals surface area contributed by atoms with Gasteiger partial charge in [-0.3, -0.25) is 4.79 Å². The van der Waals surface area contributed by atoms with E-state index in [1.54, 1.807) is 6.92 Å². The zero-order chi connectivity index (χ0) is 16.7. The van der Waals surface area contributed by atoms with Gasteiger partial charge in [0.2, 0.25) is 5.91 Å². The van der Waals surface area contributed by atoms with Gasteiger partial charge in [-0.1, -0.05) is 42.3 Å². The topological polar surface area (TPSA) is 52.3 Å². The van der Waals surface area contributed by atoms with Crippen LogP contribution in [0.3, 0.4) is 0 Å². The molecule has 0 aliphatic rings. The lowest BCUT2D eigenvalue weighted by Crippen LogP contribution is -2.14. The molecule has 1 atom stereocenters. The second-order valence-corrected chi connectivity index (χ2v) is 5.40. The summed E-state index contributed by atoms with van der Waals surface area (Å²) in [7, 11) is 0. The van der Waals surface area contributed by atoms with Crippen molar-refractivity contribution in [2.24, 2.45) is 5.73 Å². The molecular formula is C20H21NO2. The van der Waals surface area contributed by atoms with Crippen LogP contribution in [0.25, 0.3) is 0 Å². The summed E-state index contributed by atoms with van der Waals surface area (Å²) in [6, 6.07) is 15.8. The number of benzene rings is 2. The predicted octanol–water partition coefficient (Wildman–Crippen LogP) is 3.56. The molecule has 0 saturated heterocycles. The number of ether oxygens (including phenoxy) is 1. The number of nitrogens with two attached hydrogens (primary N) is 1. The van der Waals surface area contributed by atoms with Crippen LogP contribution in [-0.4, -0.2) is 5.91 Å². The molecule has 0 aliphatic heterocycles. The Hall–Kier alpha value is -2.73. The minimum atomic E-state index is -0.349. The third-order valence-electron chi connectivity index (χ3n) is 3.66. The fourth-order valence-corrected chi connectivity index (χ4v) is 2.36. The number of hydrogen-bond acceptors (Lipinski definition) is 2. The smallest absolute Gasteiger partial charge is 0.219 e. The molecule has 1 unspecified atom stereocenters. The fraction of sp³-hybridized carbons (Fsp3) is 0.250. The van der Waals surface area contributed by atoms with E-state index in [1.807, 2.05) is 36.4 Å². The number of carbonyl (C=O) groups excluding carboxylic acids is 1. The molecule has 0 radical (unpaired) electrons. The lowest BCUT2D eigenvalue weighted by molar-refractivity contribution is -0.118. The van der Waals surface area contributed by atoms with Crippen molar-refractivity contribution >= 4 is 5.91 Å². The van der Waals surface area contributed by atoms with Gasteiger partial charge in [0, 0.05) is 6.42 Å². The van der Waals surface area contributed by atoms with Crippen LogP contribution in [0.2, 0.25) is 0 Å². The second kappa shape index (κ2) is 8.05. The Kier molecular flexibility index (Phi) is 5.82. The lowest BCUT2D eigenvalue weighted by atomic mass is 9.96. The van der Waals surface area contributed by atoms with Crippen molar-refractivity contribution < 1.29 is 9.53 Å². The maximum absolute atomic E-state index is 11.1. The van der Waals surface area contributed by atoms with Gasteiger partial charge < -0.3 is 10.5 Å². The monoisotopic (exact) mass is 307 g/mol. The molecule has 0 saturated carbocycles. The van der Waals surface area contributed by atoms with E-state index in [-0.39, 0.29) is 18.2 Å². The Balaban J connectivity index is 2.04. The van der Waals surface area contributed by atoms with Crippen LogP contribution in [0, 0.1) is 18.8 Å². The maximum atomic E-state index is 11.1. The van der Waals surface area contributed by atoms with Crippen LogP contribution >= 0.6 is 0 Å². The van der Waals surface area contributed by atoms with Crippen LogP contribution in [0.1, 0.15) is 36.0 Å². The summed E-state index contributed by atoms with van der Waals surface area (Å²) >= 11 is 0. The molecule has 3 heteroatoms. The molecular weight excluding hydrogens is 286 g/mol. The minimum Gasteiger partial charge on any atom is -0.489 e. The number of primary amides is 1. The third-order valence-corrected chi connectivity index (χ3v) is 3.66. The first-order chi connectivity index (χ1) is 11.1. The first-order valence-electron chi connectivity index (χ1n) is 7.58. The van der Waals surface area contributed by atoms with Gasteiger partial charge in [0.15, 0.2) is 0 Å². The van der Waals surface area contributed by atoms with E-state index in [4.69, 9.17) is 10.5 Å². The molecule has 1 amide bonds. The standard InChI is InChI=1S/C20H21NO2/c1-3-6-17(13-20(21)22)16-9-11-19(12-10-16)23-14-18-8-5-4-7-15(18)2/h4-5,7-12,17H,13-14H2,1-2H3,(H2,21,22). The normalized spacial score (nSPS) is 11.2. The second-order valence-electron chi connectivity index (χ2n) is 5.40. The summed E-state index contributed by atoms with van der Waals surface area (Å²) in [4.78, 5) is 11.1. The summed E-state index contributed by atoms with van der Waals surface area (Å²) < 4.78 is 5.82. The molecule has 0 bridgehead atoms. The van der Waals surface area contributed by atoms with Gasteiger partial charge in [0.25, 0.3) is 0 Å². The summed E-state index contributed by atoms with van der Waals surface area (Å²) in [6.07, 6.45) is 0.226. The molecule has 2 aromatic carbocycles. The molecule has 0 spiro atoms. The van der Waals surface area contributed by atoms with E-state index in [1.165, 1.54) is 11.1 Å². The molecule has 0 aromatic heterocycles. The average molecular weight is 307 g/mol. The summed E-state index contributed by atoms with van der Waals surface area (Å²) in [5.41, 5.74) is 8.64. The van der Waals surface area contributed by atoms with E-state index in [9.17, 15) is 4.79 Å². The highest BCUT2D eigenvalue weighted by Crippen LogP contribution is 2.22. The Bertz CT molecular complexity index is 723. The van der Waals surface area contributed by atoms with Crippen molar-refractivity contribution in [3.05, 3.63) is 65.2 Å². The van der Waals surface area contributed by atoms with Gasteiger partial charge in [-0.2, -0.15) is 0 Å². The van der Waals surface area contributed by atoms with Crippen molar-refractivity contribution in [1.29, 1.82) is 0 Å². The average Bonchev–Trinajstić information content (AvgIpc) is 2.54. The first-order valence-corrected chi connectivity index (χ1v) is 7.58. The molecule has 118 valence electrons. The van der Waals surface area contributed by atoms with E-state index < -0.39 is 0 Å². The van der Waals surface area contributed by atoms with Gasteiger partial charge >= 0.3 is 0 Å². The van der Waals surface area contributed by atoms with Crippen molar-refractivity contribution in [3.8, 4) is 17.6 Å². The van der Waals surface area contributed by atoms with Crippen molar-refractivity contribution in [3.63, 3.8) is 0 Å². The number of hydrogen-bond donors (Lipinski definition) is 1. The highest BCUT2D eigenvalue weighted by atomic mass is 16.5. The highest BCUT2D eigenvalue weighted by molar-refractivity contribution is 5.75. The Labute approximate surface area is 137 Å². The van der Waals surface area contributed by atoms with Gasteiger partial charge in [0.1, 0.15) is 12.4 Å². The van der Waals surface area contributed by atoms with Crippen LogP contribution in [0.15, 0.2) is 48.5 Å². The molecule has 0 aliphatic carbocycles. The predicted molar refractivity (Wildman–Crippen MR) is 92.0 cm³/mol. The van der Waals surface area contributed by atoms with Gasteiger partial charge in [-0.15, -0.1) is 5.92 Å². The van der Waals surface area contributed by atoms with Gasteiger partial charge in [-0.05, 0) is 42.7 Å². The third kappa shape index (κ3) is 4.89. The van der Waals surface area contributed by atoms with Crippen molar-refractivity contribution in [2.75, 3.05) is 0 Å². The van der Waals surface area contributed by atoms with Crippen LogP contribution in [0.5, 0.6) is 5.75 Å². The number of carbonyl (C=O) groups is 1. The Morgan fingerprint density at radius 2 is 1.87 bits per heavy atom. The quantitative estimate of drug-likeness (QED) is 0.830. The summed E-state index contributed by atoms with van der Waals surface area (Å²) in [6.45, 7) is 4.36. The molecule has 2 aromatic rings. The summed E-state index contributed by atoms with van der Waals surface area (Å²) in [5, 5.41) is 0. The molecule has 0 fully saturated rings. The lowest BCUT2D eigenvalue weighted by Gasteiger charge is -2.12. The molecule has 3 nitrogen and oxygen atoms in total. The van der Waals surface area contributed by atoms with Crippen LogP contribution in [-0.2, 0) is 11.4 Å². The fourth-order valence-electron chi connectivity index (χ4n) is 2.36. The maximum Gasteiger partial charge on any atom is 0.219 e. The van der Waals surface area contributed by atoms with Gasteiger partial charge in [-0.25, -0.2) is 0 Å². The molecule has 2 rings (SSSR count). The minimum absolute atomic E-state index is 0.164. The van der Waals surface area contributed by atoms with Gasteiger partial charge in [0.05, 0.1) is 5.92 Å². The highest BCUT2D eigenvalue weighted by Gasteiger charge is 2.12. The Morgan fingerprint density at radius 3 is 2.48 bits per heavy atom. The summed E-state index contributed by atoms with van der Waals surface area (Å²) in [5.74, 6) is 6.15. The molecule has 0 heterocycles. The molecule has 23 heavy (non-hydrogen) atoms. The first kappa shape index (κ1) is 16.6. The molecule has 2 N–H and O–H groups in total. The number of aryl methyl sites for hydroxylation is 1. The van der Waals surface area contributed by atoms with E-state index in [0.29, 0.717) is 6.61 Å². The number of amides is 1. The SMILES string of the molecule is CC#CC(CC(N)=O)c1ccc(OCc2ccccc2C)cc1. The van der Waals surface area contributed by atoms with E-state index >= 15 is 0 Å². The Morgan fingerprint density at radius 1 is 1.17 bits per heavy atom. The van der Waals surface area contributed by atoms with Crippen molar-refractivity contribution in [2.45, 2.75) is 32.8 Å². The zero-order valence-electron chi connectivity index (χ0n) is 13.5. The largest absolute Gasteiger partial charge is 0.489 e. The number of rotatable bonds is 6. The van der Waals surface area contributed by atoms with Crippen molar-refractivity contribution in [1.82, 2.24) is 0 Å². The van der Waals surface area contributed by atoms with Crippen LogP contribution < -0.4 is 10.5 Å². The van der Waals surface area contributed by atoms with Crippen LogP contribution in [0.4, 0.5) is 0 Å². The zero-order valence-corrected chi connectivity index (χ0v) is 13.5. The van der Waals surface area contributed by atoms with E-state index in [0.717, 1.165) is 11.3 Å².